The van der Waals surface area contributed by atoms with Gasteiger partial charge in [-0.25, -0.2) is 9.98 Å². The van der Waals surface area contributed by atoms with Crippen LogP contribution < -0.4 is 10.6 Å². The zero-order chi connectivity index (χ0) is 15.2. The monoisotopic (exact) mass is 293 g/mol. The number of aryl methyl sites for hydroxylation is 2. The lowest BCUT2D eigenvalue weighted by Crippen LogP contribution is -2.40. The highest BCUT2D eigenvalue weighted by Crippen LogP contribution is 2.13. The molecule has 2 rings (SSSR count). The number of aromatic nitrogens is 1. The summed E-state index contributed by atoms with van der Waals surface area (Å²) in [5, 5.41) is 6.68. The molecule has 0 aliphatic carbocycles. The molecule has 0 amide bonds. The first-order valence-corrected chi connectivity index (χ1v) is 7.72. The Labute approximate surface area is 127 Å². The van der Waals surface area contributed by atoms with Gasteiger partial charge in [-0.2, -0.15) is 0 Å². The standard InChI is InChI=1S/C15H27N5O/c1-5-16-15(17-8-13-6-7-20(4)10-13)18-9-14-19-11(2)12(3)21-14/h13H,5-10H2,1-4H3,(H2,16,17,18). The van der Waals surface area contributed by atoms with Gasteiger partial charge in [-0.3, -0.25) is 0 Å². The molecule has 0 aromatic carbocycles. The second-order valence-corrected chi connectivity index (χ2v) is 5.74. The molecule has 1 fully saturated rings. The van der Waals surface area contributed by atoms with Gasteiger partial charge in [-0.05, 0) is 46.7 Å². The normalized spacial score (nSPS) is 20.0. The highest BCUT2D eigenvalue weighted by molar-refractivity contribution is 5.79. The molecule has 0 spiro atoms. The van der Waals surface area contributed by atoms with Crippen molar-refractivity contribution >= 4 is 5.96 Å². The molecule has 6 heteroatoms. The molecule has 0 bridgehead atoms. The number of oxazole rings is 1. The summed E-state index contributed by atoms with van der Waals surface area (Å²) in [5.41, 5.74) is 0.937. The minimum absolute atomic E-state index is 0.467. The molecule has 1 aromatic heterocycles. The highest BCUT2D eigenvalue weighted by atomic mass is 16.4. The Morgan fingerprint density at radius 1 is 1.43 bits per heavy atom. The van der Waals surface area contributed by atoms with Crippen molar-refractivity contribution in [3.8, 4) is 0 Å². The van der Waals surface area contributed by atoms with E-state index in [4.69, 9.17) is 4.42 Å². The first-order valence-electron chi connectivity index (χ1n) is 7.72. The van der Waals surface area contributed by atoms with Crippen LogP contribution in [0.25, 0.3) is 0 Å². The van der Waals surface area contributed by atoms with E-state index >= 15 is 0 Å². The predicted molar refractivity (Wildman–Crippen MR) is 84.4 cm³/mol. The first kappa shape index (κ1) is 15.8. The van der Waals surface area contributed by atoms with Crippen molar-refractivity contribution in [2.75, 3.05) is 33.2 Å². The van der Waals surface area contributed by atoms with Gasteiger partial charge in [0, 0.05) is 19.6 Å². The van der Waals surface area contributed by atoms with Crippen LogP contribution in [0.1, 0.15) is 30.7 Å². The van der Waals surface area contributed by atoms with E-state index in [1.165, 1.54) is 13.0 Å². The third kappa shape index (κ3) is 4.74. The van der Waals surface area contributed by atoms with Crippen molar-refractivity contribution in [3.05, 3.63) is 17.3 Å². The number of hydrogen-bond donors (Lipinski definition) is 2. The van der Waals surface area contributed by atoms with Gasteiger partial charge in [0.1, 0.15) is 12.3 Å². The van der Waals surface area contributed by atoms with Crippen molar-refractivity contribution in [1.29, 1.82) is 0 Å². The first-order chi connectivity index (χ1) is 10.1. The van der Waals surface area contributed by atoms with Gasteiger partial charge < -0.3 is 20.0 Å². The summed E-state index contributed by atoms with van der Waals surface area (Å²) in [4.78, 5) is 11.3. The summed E-state index contributed by atoms with van der Waals surface area (Å²) in [6.45, 7) is 10.6. The molecule has 2 N–H and O–H groups in total. The molecule has 1 atom stereocenters. The molecule has 118 valence electrons. The zero-order valence-electron chi connectivity index (χ0n) is 13.6. The lowest BCUT2D eigenvalue weighted by molar-refractivity contribution is 0.394. The van der Waals surface area contributed by atoms with Crippen molar-refractivity contribution in [2.45, 2.75) is 33.7 Å². The number of nitrogens with one attached hydrogen (secondary N) is 2. The molecule has 2 heterocycles. The maximum absolute atomic E-state index is 5.55. The Morgan fingerprint density at radius 2 is 2.24 bits per heavy atom. The summed E-state index contributed by atoms with van der Waals surface area (Å²) in [5.74, 6) is 3.07. The van der Waals surface area contributed by atoms with E-state index in [0.29, 0.717) is 18.4 Å². The van der Waals surface area contributed by atoms with E-state index in [9.17, 15) is 0 Å². The minimum atomic E-state index is 0.467. The fourth-order valence-electron chi connectivity index (χ4n) is 2.53. The molecule has 1 aliphatic rings. The van der Waals surface area contributed by atoms with Crippen LogP contribution in [0.2, 0.25) is 0 Å². The average molecular weight is 293 g/mol. The largest absolute Gasteiger partial charge is 0.444 e. The van der Waals surface area contributed by atoms with Crippen LogP contribution >= 0.6 is 0 Å². The number of aliphatic imine (C=N–C) groups is 1. The van der Waals surface area contributed by atoms with Crippen LogP contribution in [0.15, 0.2) is 9.41 Å². The number of likely N-dealkylation sites (tertiary alicyclic amines) is 1. The fraction of sp³-hybridized carbons (Fsp3) is 0.733. The van der Waals surface area contributed by atoms with Gasteiger partial charge >= 0.3 is 0 Å². The lowest BCUT2D eigenvalue weighted by atomic mass is 10.1. The maximum atomic E-state index is 5.55. The van der Waals surface area contributed by atoms with Gasteiger partial charge in [0.15, 0.2) is 5.96 Å². The molecule has 1 saturated heterocycles. The SMILES string of the molecule is CCNC(=NCc1nc(C)c(C)o1)NCC1CCN(C)C1. The van der Waals surface area contributed by atoms with Crippen molar-refractivity contribution in [3.63, 3.8) is 0 Å². The van der Waals surface area contributed by atoms with Gasteiger partial charge in [0.2, 0.25) is 5.89 Å². The molecule has 6 nitrogen and oxygen atoms in total. The van der Waals surface area contributed by atoms with Crippen LogP contribution in [0, 0.1) is 19.8 Å². The van der Waals surface area contributed by atoms with Crippen molar-refractivity contribution < 1.29 is 4.42 Å². The van der Waals surface area contributed by atoms with E-state index in [1.807, 2.05) is 13.8 Å². The summed E-state index contributed by atoms with van der Waals surface area (Å²) < 4.78 is 5.55. The van der Waals surface area contributed by atoms with Gasteiger partial charge in [-0.15, -0.1) is 0 Å². The van der Waals surface area contributed by atoms with Crippen molar-refractivity contribution in [2.24, 2.45) is 10.9 Å². The molecule has 1 aliphatic heterocycles. The van der Waals surface area contributed by atoms with Gasteiger partial charge in [0.25, 0.3) is 0 Å². The Hall–Kier alpha value is -1.56. The topological polar surface area (TPSA) is 65.7 Å². The fourth-order valence-corrected chi connectivity index (χ4v) is 2.53. The smallest absolute Gasteiger partial charge is 0.216 e. The number of guanidine groups is 1. The zero-order valence-corrected chi connectivity index (χ0v) is 13.6. The molecule has 1 aromatic rings. The molecular weight excluding hydrogens is 266 g/mol. The lowest BCUT2D eigenvalue weighted by Gasteiger charge is -2.15. The van der Waals surface area contributed by atoms with Crippen LogP contribution in [-0.2, 0) is 6.54 Å². The Balaban J connectivity index is 1.86. The summed E-state index contributed by atoms with van der Waals surface area (Å²) in [6.07, 6.45) is 1.25. The third-order valence-corrected chi connectivity index (χ3v) is 3.84. The molecular formula is C15H27N5O. The van der Waals surface area contributed by atoms with Crippen LogP contribution in [0.3, 0.4) is 0 Å². The Morgan fingerprint density at radius 3 is 2.81 bits per heavy atom. The quantitative estimate of drug-likeness (QED) is 0.633. The van der Waals surface area contributed by atoms with E-state index in [-0.39, 0.29) is 0 Å². The van der Waals surface area contributed by atoms with E-state index in [0.717, 1.165) is 37.0 Å². The number of hydrogen-bond acceptors (Lipinski definition) is 4. The third-order valence-electron chi connectivity index (χ3n) is 3.84. The van der Waals surface area contributed by atoms with E-state index in [2.05, 4.69) is 39.5 Å². The summed E-state index contributed by atoms with van der Waals surface area (Å²) >= 11 is 0. The van der Waals surface area contributed by atoms with Crippen LogP contribution in [0.4, 0.5) is 0 Å². The molecule has 0 saturated carbocycles. The minimum Gasteiger partial charge on any atom is -0.444 e. The Bertz CT molecular complexity index is 463. The summed E-state index contributed by atoms with van der Waals surface area (Å²) in [7, 11) is 2.17. The second-order valence-electron chi connectivity index (χ2n) is 5.74. The van der Waals surface area contributed by atoms with E-state index in [1.54, 1.807) is 0 Å². The second kappa shape index (κ2) is 7.45. The Kier molecular flexibility index (Phi) is 5.61. The van der Waals surface area contributed by atoms with Gasteiger partial charge in [-0.1, -0.05) is 0 Å². The average Bonchev–Trinajstić information content (AvgIpc) is 3.00. The number of rotatable bonds is 5. The van der Waals surface area contributed by atoms with Crippen molar-refractivity contribution in [1.82, 2.24) is 20.5 Å². The molecule has 0 radical (unpaired) electrons. The number of nitrogens with zero attached hydrogens (tertiary/aromatic N) is 3. The molecule has 1 unspecified atom stereocenters. The van der Waals surface area contributed by atoms with Crippen LogP contribution in [0.5, 0.6) is 0 Å². The highest BCUT2D eigenvalue weighted by Gasteiger charge is 2.19. The summed E-state index contributed by atoms with van der Waals surface area (Å²) in [6, 6.07) is 0. The predicted octanol–water partition coefficient (Wildman–Crippen LogP) is 1.30. The van der Waals surface area contributed by atoms with Crippen LogP contribution in [-0.4, -0.2) is 49.1 Å². The van der Waals surface area contributed by atoms with Gasteiger partial charge in [0.05, 0.1) is 5.69 Å². The molecule has 21 heavy (non-hydrogen) atoms. The maximum Gasteiger partial charge on any atom is 0.216 e. The van der Waals surface area contributed by atoms with E-state index < -0.39 is 0 Å².